The summed E-state index contributed by atoms with van der Waals surface area (Å²) >= 11 is 2.00. The molecule has 0 amide bonds. The monoisotopic (exact) mass is 125 g/mol. The zero-order chi connectivity index (χ0) is 4.24. The molecule has 1 saturated heterocycles. The van der Waals surface area contributed by atoms with Crippen LogP contribution in [0.25, 0.3) is 5.32 Å². The average Bonchev–Trinajstić information content (AvgIpc) is 1.72. The molecule has 1 heterocycles. The Morgan fingerprint density at radius 2 is 1.71 bits per heavy atom. The molecule has 3 heteroatoms. The summed E-state index contributed by atoms with van der Waals surface area (Å²) in [5, 5.41) is 4.16. The van der Waals surface area contributed by atoms with Crippen LogP contribution in [0.3, 0.4) is 0 Å². The molecule has 0 aliphatic carbocycles. The van der Waals surface area contributed by atoms with Gasteiger partial charge in [-0.1, -0.05) is 0 Å². The second-order valence-electron chi connectivity index (χ2n) is 1.28. The van der Waals surface area contributed by atoms with Gasteiger partial charge in [-0.2, -0.15) is 11.8 Å². The van der Waals surface area contributed by atoms with E-state index in [0.717, 1.165) is 13.1 Å². The largest absolute Gasteiger partial charge is 1.00 e. The molecular weight excluding hydrogens is 117 g/mol. The zero-order valence-corrected chi connectivity index (χ0v) is 7.50. The third-order valence-electron chi connectivity index (χ3n) is 0.787. The van der Waals surface area contributed by atoms with Crippen molar-refractivity contribution < 1.29 is 29.6 Å². The van der Waals surface area contributed by atoms with Gasteiger partial charge in [-0.05, 0) is 11.5 Å². The van der Waals surface area contributed by atoms with Crippen LogP contribution >= 0.6 is 11.8 Å². The molecule has 1 aliphatic heterocycles. The average molecular weight is 125 g/mol. The topological polar surface area (TPSA) is 14.1 Å². The molecule has 0 aromatic carbocycles. The zero-order valence-electron chi connectivity index (χ0n) is 4.68. The van der Waals surface area contributed by atoms with Crippen molar-refractivity contribution in [2.75, 3.05) is 24.6 Å². The van der Waals surface area contributed by atoms with Gasteiger partial charge in [-0.25, -0.2) is 0 Å². The van der Waals surface area contributed by atoms with Gasteiger partial charge >= 0.3 is 29.6 Å². The van der Waals surface area contributed by atoms with Gasteiger partial charge in [0.15, 0.2) is 0 Å². The van der Waals surface area contributed by atoms with E-state index in [1.165, 1.54) is 11.5 Å². The summed E-state index contributed by atoms with van der Waals surface area (Å²) < 4.78 is 0. The van der Waals surface area contributed by atoms with Crippen molar-refractivity contribution in [2.24, 2.45) is 0 Å². The quantitative estimate of drug-likeness (QED) is 0.345. The predicted octanol–water partition coefficient (Wildman–Crippen LogP) is -1.89. The Morgan fingerprint density at radius 1 is 1.14 bits per heavy atom. The van der Waals surface area contributed by atoms with Crippen LogP contribution < -0.4 is 29.6 Å². The van der Waals surface area contributed by atoms with E-state index in [1.807, 2.05) is 11.8 Å². The molecule has 1 nitrogen and oxygen atoms in total. The second-order valence-corrected chi connectivity index (χ2v) is 2.51. The van der Waals surface area contributed by atoms with Crippen molar-refractivity contribution in [3.63, 3.8) is 0 Å². The Hall–Kier alpha value is 1.31. The van der Waals surface area contributed by atoms with E-state index in [1.54, 1.807) is 0 Å². The Bertz CT molecular complexity index is 27.2. The van der Waals surface area contributed by atoms with Crippen LogP contribution in [0.2, 0.25) is 0 Å². The number of hydrogen-bond acceptors (Lipinski definition) is 1. The van der Waals surface area contributed by atoms with Crippen LogP contribution in [-0.4, -0.2) is 24.6 Å². The predicted molar refractivity (Wildman–Crippen MR) is 30.4 cm³/mol. The SMILES string of the molecule is C1CSCC[N-]1.[Na+]. The summed E-state index contributed by atoms with van der Waals surface area (Å²) in [5.41, 5.74) is 0. The molecule has 1 fully saturated rings. The van der Waals surface area contributed by atoms with E-state index in [0.29, 0.717) is 0 Å². The van der Waals surface area contributed by atoms with Crippen LogP contribution in [0.1, 0.15) is 0 Å². The van der Waals surface area contributed by atoms with Gasteiger partial charge < -0.3 is 5.32 Å². The van der Waals surface area contributed by atoms with Crippen molar-refractivity contribution in [3.05, 3.63) is 5.32 Å². The standard InChI is InChI=1S/C4H8NS.Na/c1-3-6-4-2-5-1;/h1-4H2;/q-1;+1. The molecular formula is C4H8NNaS. The molecule has 0 bridgehead atoms. The fourth-order valence-electron chi connectivity index (χ4n) is 0.472. The van der Waals surface area contributed by atoms with E-state index in [-0.39, 0.29) is 29.6 Å². The van der Waals surface area contributed by atoms with Crippen LogP contribution in [-0.2, 0) is 0 Å². The fourth-order valence-corrected chi connectivity index (χ4v) is 1.19. The number of hydrogen-bond donors (Lipinski definition) is 0. The Morgan fingerprint density at radius 3 is 1.86 bits per heavy atom. The smallest absolute Gasteiger partial charge is 0.661 e. The van der Waals surface area contributed by atoms with Gasteiger partial charge in [-0.15, -0.1) is 13.1 Å². The van der Waals surface area contributed by atoms with E-state index in [9.17, 15) is 0 Å². The Labute approximate surface area is 70.9 Å². The van der Waals surface area contributed by atoms with Gasteiger partial charge in [0.05, 0.1) is 0 Å². The molecule has 0 aromatic heterocycles. The van der Waals surface area contributed by atoms with Crippen molar-refractivity contribution in [1.82, 2.24) is 0 Å². The first kappa shape index (κ1) is 8.31. The normalized spacial score (nSPS) is 20.6. The molecule has 1 aliphatic rings. The van der Waals surface area contributed by atoms with Gasteiger partial charge in [0.2, 0.25) is 0 Å². The van der Waals surface area contributed by atoms with Gasteiger partial charge in [0.25, 0.3) is 0 Å². The molecule has 7 heavy (non-hydrogen) atoms. The molecule has 0 N–H and O–H groups in total. The van der Waals surface area contributed by atoms with Crippen LogP contribution in [0, 0.1) is 0 Å². The first-order valence-corrected chi connectivity index (χ1v) is 3.36. The van der Waals surface area contributed by atoms with Crippen molar-refractivity contribution in [2.45, 2.75) is 0 Å². The van der Waals surface area contributed by atoms with E-state index < -0.39 is 0 Å². The second kappa shape index (κ2) is 5.45. The maximum Gasteiger partial charge on any atom is 1.00 e. The molecule has 0 radical (unpaired) electrons. The van der Waals surface area contributed by atoms with E-state index in [2.05, 4.69) is 5.32 Å². The summed E-state index contributed by atoms with van der Waals surface area (Å²) in [7, 11) is 0. The van der Waals surface area contributed by atoms with Crippen LogP contribution in [0.4, 0.5) is 0 Å². The third-order valence-corrected chi connectivity index (χ3v) is 1.73. The molecule has 1 rings (SSSR count). The van der Waals surface area contributed by atoms with Crippen LogP contribution in [0.15, 0.2) is 0 Å². The van der Waals surface area contributed by atoms with Gasteiger partial charge in [-0.3, -0.25) is 0 Å². The molecule has 0 atom stereocenters. The molecule has 0 aromatic rings. The maximum absolute atomic E-state index is 4.16. The molecule has 0 unspecified atom stereocenters. The minimum Gasteiger partial charge on any atom is -0.661 e. The minimum absolute atomic E-state index is 0. The maximum atomic E-state index is 4.16. The first-order chi connectivity index (χ1) is 3.00. The van der Waals surface area contributed by atoms with Gasteiger partial charge in [0, 0.05) is 0 Å². The Kier molecular flexibility index (Phi) is 6.47. The minimum atomic E-state index is 0. The molecule has 0 spiro atoms. The number of rotatable bonds is 0. The van der Waals surface area contributed by atoms with E-state index >= 15 is 0 Å². The van der Waals surface area contributed by atoms with Crippen molar-refractivity contribution in [3.8, 4) is 0 Å². The summed E-state index contributed by atoms with van der Waals surface area (Å²) in [5.74, 6) is 2.50. The van der Waals surface area contributed by atoms with Crippen molar-refractivity contribution in [1.29, 1.82) is 0 Å². The number of nitrogens with zero attached hydrogens (tertiary/aromatic N) is 1. The summed E-state index contributed by atoms with van der Waals surface area (Å²) in [6.45, 7) is 2.18. The summed E-state index contributed by atoms with van der Waals surface area (Å²) in [6.07, 6.45) is 0. The van der Waals surface area contributed by atoms with Gasteiger partial charge in [0.1, 0.15) is 0 Å². The van der Waals surface area contributed by atoms with E-state index in [4.69, 9.17) is 0 Å². The third kappa shape index (κ3) is 3.86. The van der Waals surface area contributed by atoms with Crippen LogP contribution in [0.5, 0.6) is 0 Å². The van der Waals surface area contributed by atoms with Crippen molar-refractivity contribution >= 4 is 11.8 Å². The fraction of sp³-hybridized carbons (Fsp3) is 1.00. The summed E-state index contributed by atoms with van der Waals surface area (Å²) in [4.78, 5) is 0. The Balaban J connectivity index is 0.000000360. The molecule has 36 valence electrons. The first-order valence-electron chi connectivity index (χ1n) is 2.21. The number of thioether (sulfide) groups is 1. The molecule has 0 saturated carbocycles. The summed E-state index contributed by atoms with van der Waals surface area (Å²) in [6, 6.07) is 0.